The first kappa shape index (κ1) is 10.9. The van der Waals surface area contributed by atoms with E-state index in [1.54, 1.807) is 0 Å². The summed E-state index contributed by atoms with van der Waals surface area (Å²) in [4.78, 5) is 4.44. The zero-order valence-corrected chi connectivity index (χ0v) is 9.90. The Morgan fingerprint density at radius 3 is 2.62 bits per heavy atom. The van der Waals surface area contributed by atoms with Crippen LogP contribution in [0.3, 0.4) is 0 Å². The van der Waals surface area contributed by atoms with Crippen molar-refractivity contribution in [2.24, 2.45) is 0 Å². The number of hydrogen-bond acceptors (Lipinski definition) is 2. The van der Waals surface area contributed by atoms with Crippen LogP contribution in [0.25, 0.3) is 10.9 Å². The van der Waals surface area contributed by atoms with Gasteiger partial charge in [0.05, 0.1) is 11.2 Å². The summed E-state index contributed by atoms with van der Waals surface area (Å²) in [6, 6.07) is 10.9. The summed E-state index contributed by atoms with van der Waals surface area (Å²) in [5.74, 6) is 0. The van der Waals surface area contributed by atoms with Gasteiger partial charge in [-0.1, -0.05) is 32.0 Å². The number of para-hydroxylation sites is 1. The Morgan fingerprint density at radius 1 is 1.12 bits per heavy atom. The first-order valence-corrected chi connectivity index (χ1v) is 5.95. The van der Waals surface area contributed by atoms with E-state index in [0.29, 0.717) is 6.04 Å². The van der Waals surface area contributed by atoms with Crippen LogP contribution in [0.4, 0.5) is 5.69 Å². The second-order valence-corrected chi connectivity index (χ2v) is 4.04. The smallest absolute Gasteiger partial charge is 0.0933 e. The van der Waals surface area contributed by atoms with Gasteiger partial charge in [0.25, 0.3) is 0 Å². The molecule has 0 spiro atoms. The van der Waals surface area contributed by atoms with Gasteiger partial charge in [-0.25, -0.2) is 0 Å². The van der Waals surface area contributed by atoms with Gasteiger partial charge in [0.1, 0.15) is 0 Å². The van der Waals surface area contributed by atoms with Gasteiger partial charge in [-0.05, 0) is 25.0 Å². The summed E-state index contributed by atoms with van der Waals surface area (Å²) in [5.41, 5.74) is 2.21. The number of hydrogen-bond donors (Lipinski definition) is 1. The molecule has 16 heavy (non-hydrogen) atoms. The van der Waals surface area contributed by atoms with Crippen LogP contribution in [0.5, 0.6) is 0 Å². The van der Waals surface area contributed by atoms with Gasteiger partial charge in [-0.3, -0.25) is 4.98 Å². The third kappa shape index (κ3) is 2.16. The Kier molecular flexibility index (Phi) is 3.40. The highest BCUT2D eigenvalue weighted by Gasteiger charge is 2.06. The fraction of sp³-hybridized carbons (Fsp3) is 0.357. The zero-order chi connectivity index (χ0) is 11.4. The number of nitrogens with zero attached hydrogens (tertiary/aromatic N) is 1. The topological polar surface area (TPSA) is 24.9 Å². The third-order valence-electron chi connectivity index (χ3n) is 2.98. The summed E-state index contributed by atoms with van der Waals surface area (Å²) in [5, 5.41) is 4.75. The number of pyridine rings is 1. The molecule has 1 aromatic carbocycles. The van der Waals surface area contributed by atoms with Gasteiger partial charge in [-0.15, -0.1) is 0 Å². The zero-order valence-electron chi connectivity index (χ0n) is 9.90. The van der Waals surface area contributed by atoms with E-state index in [-0.39, 0.29) is 0 Å². The molecule has 1 aromatic heterocycles. The minimum atomic E-state index is 0.535. The van der Waals surface area contributed by atoms with Crippen molar-refractivity contribution in [2.45, 2.75) is 32.7 Å². The summed E-state index contributed by atoms with van der Waals surface area (Å²) >= 11 is 0. The first-order chi connectivity index (χ1) is 7.85. The number of aromatic nitrogens is 1. The molecule has 0 aliphatic carbocycles. The molecule has 0 atom stereocenters. The van der Waals surface area contributed by atoms with E-state index in [4.69, 9.17) is 0 Å². The molecule has 2 nitrogen and oxygen atoms in total. The number of nitrogens with one attached hydrogen (secondary N) is 1. The predicted octanol–water partition coefficient (Wildman–Crippen LogP) is 3.84. The Labute approximate surface area is 96.7 Å². The second kappa shape index (κ2) is 4.97. The van der Waals surface area contributed by atoms with E-state index >= 15 is 0 Å². The number of anilines is 1. The summed E-state index contributed by atoms with van der Waals surface area (Å²) < 4.78 is 0. The van der Waals surface area contributed by atoms with Crippen LogP contribution < -0.4 is 5.32 Å². The minimum Gasteiger partial charge on any atom is -0.381 e. The highest BCUT2D eigenvalue weighted by Crippen LogP contribution is 2.22. The molecule has 0 aliphatic heterocycles. The summed E-state index contributed by atoms with van der Waals surface area (Å²) in [6.07, 6.45) is 4.12. The lowest BCUT2D eigenvalue weighted by Gasteiger charge is -2.17. The lowest BCUT2D eigenvalue weighted by atomic mass is 10.1. The fourth-order valence-corrected chi connectivity index (χ4v) is 1.93. The van der Waals surface area contributed by atoms with Crippen molar-refractivity contribution in [3.8, 4) is 0 Å². The van der Waals surface area contributed by atoms with E-state index in [9.17, 15) is 0 Å². The highest BCUT2D eigenvalue weighted by atomic mass is 14.9. The molecule has 84 valence electrons. The van der Waals surface area contributed by atoms with Crippen LogP contribution in [0, 0.1) is 0 Å². The molecule has 2 aromatic rings. The number of benzene rings is 1. The van der Waals surface area contributed by atoms with Crippen molar-refractivity contribution in [3.63, 3.8) is 0 Å². The molecule has 0 fully saturated rings. The minimum absolute atomic E-state index is 0.535. The van der Waals surface area contributed by atoms with Gasteiger partial charge in [0.2, 0.25) is 0 Å². The highest BCUT2D eigenvalue weighted by molar-refractivity contribution is 5.90. The fourth-order valence-electron chi connectivity index (χ4n) is 1.93. The van der Waals surface area contributed by atoms with Crippen LogP contribution in [-0.2, 0) is 0 Å². The van der Waals surface area contributed by atoms with E-state index < -0.39 is 0 Å². The van der Waals surface area contributed by atoms with Crippen molar-refractivity contribution in [2.75, 3.05) is 5.32 Å². The van der Waals surface area contributed by atoms with Crippen LogP contribution in [0.1, 0.15) is 26.7 Å². The first-order valence-electron chi connectivity index (χ1n) is 5.95. The van der Waals surface area contributed by atoms with Crippen LogP contribution in [-0.4, -0.2) is 11.0 Å². The van der Waals surface area contributed by atoms with Gasteiger partial charge in [-0.2, -0.15) is 0 Å². The molecule has 0 saturated carbocycles. The van der Waals surface area contributed by atoms with Gasteiger partial charge < -0.3 is 5.32 Å². The van der Waals surface area contributed by atoms with Crippen LogP contribution in [0.2, 0.25) is 0 Å². The lowest BCUT2D eigenvalue weighted by molar-refractivity contribution is 0.672. The molecule has 2 heteroatoms. The largest absolute Gasteiger partial charge is 0.381 e. The molecule has 0 bridgehead atoms. The molecular weight excluding hydrogens is 196 g/mol. The molecule has 0 unspecified atom stereocenters. The van der Waals surface area contributed by atoms with Crippen molar-refractivity contribution < 1.29 is 0 Å². The van der Waals surface area contributed by atoms with Gasteiger partial charge in [0.15, 0.2) is 0 Å². The van der Waals surface area contributed by atoms with Crippen molar-refractivity contribution >= 4 is 16.6 Å². The van der Waals surface area contributed by atoms with E-state index in [1.165, 1.54) is 5.39 Å². The van der Waals surface area contributed by atoms with Crippen LogP contribution in [0.15, 0.2) is 36.5 Å². The van der Waals surface area contributed by atoms with E-state index in [1.807, 2.05) is 12.3 Å². The van der Waals surface area contributed by atoms with Crippen molar-refractivity contribution in [1.82, 2.24) is 4.98 Å². The quantitative estimate of drug-likeness (QED) is 0.836. The average molecular weight is 214 g/mol. The maximum Gasteiger partial charge on any atom is 0.0933 e. The lowest BCUT2D eigenvalue weighted by Crippen LogP contribution is -2.17. The van der Waals surface area contributed by atoms with E-state index in [2.05, 4.69) is 48.4 Å². The standard InChI is InChI=1S/C14H18N2/c1-3-12(4-2)16-13-9-5-7-11-8-6-10-15-14(11)13/h5-10,12,16H,3-4H2,1-2H3. The molecule has 1 heterocycles. The van der Waals surface area contributed by atoms with Gasteiger partial charge in [0, 0.05) is 17.6 Å². The summed E-state index contributed by atoms with van der Waals surface area (Å²) in [6.45, 7) is 4.42. The average Bonchev–Trinajstić information content (AvgIpc) is 2.36. The molecular formula is C14H18N2. The molecule has 0 amide bonds. The number of fused-ring (bicyclic) bond motifs is 1. The normalized spacial score (nSPS) is 10.9. The maximum atomic E-state index is 4.44. The number of rotatable bonds is 4. The Hall–Kier alpha value is -1.57. The monoisotopic (exact) mass is 214 g/mol. The SMILES string of the molecule is CCC(CC)Nc1cccc2cccnc12. The molecule has 1 N–H and O–H groups in total. The van der Waals surface area contributed by atoms with Crippen molar-refractivity contribution in [1.29, 1.82) is 0 Å². The third-order valence-corrected chi connectivity index (χ3v) is 2.98. The second-order valence-electron chi connectivity index (χ2n) is 4.04. The van der Waals surface area contributed by atoms with Crippen molar-refractivity contribution in [3.05, 3.63) is 36.5 Å². The molecule has 0 saturated heterocycles. The Balaban J connectivity index is 2.36. The molecule has 0 radical (unpaired) electrons. The van der Waals surface area contributed by atoms with E-state index in [0.717, 1.165) is 24.0 Å². The van der Waals surface area contributed by atoms with Gasteiger partial charge >= 0.3 is 0 Å². The maximum absolute atomic E-state index is 4.44. The molecule has 2 rings (SSSR count). The Morgan fingerprint density at radius 2 is 1.88 bits per heavy atom. The molecule has 0 aliphatic rings. The Bertz CT molecular complexity index is 456. The van der Waals surface area contributed by atoms with Crippen LogP contribution >= 0.6 is 0 Å². The summed E-state index contributed by atoms with van der Waals surface area (Å²) in [7, 11) is 0. The predicted molar refractivity (Wildman–Crippen MR) is 69.7 cm³/mol.